The van der Waals surface area contributed by atoms with Crippen molar-refractivity contribution < 1.29 is 0 Å². The molecule has 2 aromatic carbocycles. The maximum absolute atomic E-state index is 8.83. The minimum absolute atomic E-state index is 0.252. The summed E-state index contributed by atoms with van der Waals surface area (Å²) in [5.41, 5.74) is 4.71. The lowest BCUT2D eigenvalue weighted by molar-refractivity contribution is 0.568. The minimum Gasteiger partial charge on any atom is -0.306 e. The van der Waals surface area contributed by atoms with Gasteiger partial charge in [-0.3, -0.25) is 0 Å². The van der Waals surface area contributed by atoms with E-state index in [2.05, 4.69) is 35.7 Å². The van der Waals surface area contributed by atoms with E-state index >= 15 is 0 Å². The third-order valence-corrected chi connectivity index (χ3v) is 3.48. The molecule has 0 fully saturated rings. The molecule has 2 nitrogen and oxygen atoms in total. The molecule has 1 aliphatic heterocycles. The average molecular weight is 234 g/mol. The first-order chi connectivity index (χ1) is 8.88. The number of hydrogen-bond acceptors (Lipinski definition) is 2. The molecular weight excluding hydrogens is 220 g/mol. The van der Waals surface area contributed by atoms with E-state index in [1.807, 2.05) is 24.3 Å². The number of fused-ring (bicyclic) bond motifs is 1. The molecule has 0 saturated carbocycles. The first-order valence-corrected chi connectivity index (χ1v) is 6.20. The highest BCUT2D eigenvalue weighted by Gasteiger charge is 2.20. The Morgan fingerprint density at radius 3 is 2.61 bits per heavy atom. The Balaban J connectivity index is 2.00. The molecule has 0 bridgehead atoms. The van der Waals surface area contributed by atoms with Crippen LogP contribution in [-0.4, -0.2) is 6.54 Å². The number of nitrogens with one attached hydrogen (secondary N) is 1. The first-order valence-electron chi connectivity index (χ1n) is 6.20. The number of nitrogens with zero attached hydrogens (tertiary/aromatic N) is 1. The summed E-state index contributed by atoms with van der Waals surface area (Å²) in [6, 6.07) is 18.8. The van der Waals surface area contributed by atoms with Gasteiger partial charge in [-0.05, 0) is 35.2 Å². The summed E-state index contributed by atoms with van der Waals surface area (Å²) in [6.07, 6.45) is 1.09. The molecule has 0 aliphatic carbocycles. The Labute approximate surface area is 107 Å². The molecule has 3 rings (SSSR count). The highest BCUT2D eigenvalue weighted by atomic mass is 14.9. The van der Waals surface area contributed by atoms with Crippen LogP contribution in [-0.2, 0) is 6.42 Å². The Morgan fingerprint density at radius 1 is 1.06 bits per heavy atom. The normalized spacial score (nSPS) is 17.8. The minimum atomic E-state index is 0.252. The Hall–Kier alpha value is -2.11. The van der Waals surface area contributed by atoms with Crippen molar-refractivity contribution in [2.24, 2.45) is 0 Å². The van der Waals surface area contributed by atoms with Crippen LogP contribution in [0.1, 0.15) is 28.3 Å². The molecule has 88 valence electrons. The molecule has 1 unspecified atom stereocenters. The second-order valence-corrected chi connectivity index (χ2v) is 4.57. The summed E-state index contributed by atoms with van der Waals surface area (Å²) in [6.45, 7) is 1.00. The molecule has 2 heteroatoms. The van der Waals surface area contributed by atoms with Crippen molar-refractivity contribution in [1.82, 2.24) is 5.32 Å². The second kappa shape index (κ2) is 4.64. The average Bonchev–Trinajstić information content (AvgIpc) is 2.47. The highest BCUT2D eigenvalue weighted by Crippen LogP contribution is 2.28. The van der Waals surface area contributed by atoms with E-state index in [0.29, 0.717) is 5.56 Å². The Bertz CT molecular complexity index is 593. The monoisotopic (exact) mass is 234 g/mol. The topological polar surface area (TPSA) is 35.8 Å². The molecule has 1 N–H and O–H groups in total. The molecule has 0 spiro atoms. The van der Waals surface area contributed by atoms with Gasteiger partial charge in [0.2, 0.25) is 0 Å². The number of hydrogen-bond donors (Lipinski definition) is 1. The number of rotatable bonds is 1. The Morgan fingerprint density at radius 2 is 1.83 bits per heavy atom. The third kappa shape index (κ3) is 1.90. The summed E-state index contributed by atoms with van der Waals surface area (Å²) in [4.78, 5) is 0. The number of nitriles is 1. The molecule has 1 aliphatic rings. The van der Waals surface area contributed by atoms with Gasteiger partial charge >= 0.3 is 0 Å². The second-order valence-electron chi connectivity index (χ2n) is 4.57. The summed E-state index contributed by atoms with van der Waals surface area (Å²) in [5.74, 6) is 0. The first kappa shape index (κ1) is 11.0. The van der Waals surface area contributed by atoms with E-state index in [9.17, 15) is 0 Å². The van der Waals surface area contributed by atoms with Crippen molar-refractivity contribution in [1.29, 1.82) is 5.26 Å². The van der Waals surface area contributed by atoms with Crippen LogP contribution in [0.2, 0.25) is 0 Å². The fourth-order valence-electron chi connectivity index (χ4n) is 2.55. The zero-order valence-electron chi connectivity index (χ0n) is 10.1. The molecular formula is C16H14N2. The van der Waals surface area contributed by atoms with Crippen LogP contribution in [0.15, 0.2) is 48.5 Å². The van der Waals surface area contributed by atoms with E-state index in [0.717, 1.165) is 13.0 Å². The van der Waals surface area contributed by atoms with Crippen LogP contribution in [0.4, 0.5) is 0 Å². The van der Waals surface area contributed by atoms with Gasteiger partial charge in [0.05, 0.1) is 17.7 Å². The predicted molar refractivity (Wildman–Crippen MR) is 71.1 cm³/mol. The van der Waals surface area contributed by atoms with Crippen LogP contribution in [0.25, 0.3) is 0 Å². The van der Waals surface area contributed by atoms with Crippen LogP contribution >= 0.6 is 0 Å². The van der Waals surface area contributed by atoms with Crippen molar-refractivity contribution in [3.05, 3.63) is 70.8 Å². The van der Waals surface area contributed by atoms with Crippen LogP contribution in [0.3, 0.4) is 0 Å². The summed E-state index contributed by atoms with van der Waals surface area (Å²) in [5, 5.41) is 12.4. The van der Waals surface area contributed by atoms with Crippen LogP contribution in [0, 0.1) is 11.3 Å². The standard InChI is InChI=1S/C16H14N2/c17-11-12-5-7-14(8-6-12)16-15-4-2-1-3-13(15)9-10-18-16/h1-8,16,18H,9-10H2. The Kier molecular flexibility index (Phi) is 2.84. The summed E-state index contributed by atoms with van der Waals surface area (Å²) >= 11 is 0. The van der Waals surface area contributed by atoms with Gasteiger partial charge in [0.15, 0.2) is 0 Å². The molecule has 2 aromatic rings. The van der Waals surface area contributed by atoms with Crippen molar-refractivity contribution in [3.63, 3.8) is 0 Å². The van der Waals surface area contributed by atoms with Crippen molar-refractivity contribution in [2.45, 2.75) is 12.5 Å². The molecule has 0 radical (unpaired) electrons. The fourth-order valence-corrected chi connectivity index (χ4v) is 2.55. The lowest BCUT2D eigenvalue weighted by atomic mass is 9.90. The number of benzene rings is 2. The van der Waals surface area contributed by atoms with Gasteiger partial charge < -0.3 is 5.32 Å². The van der Waals surface area contributed by atoms with Crippen molar-refractivity contribution in [3.8, 4) is 6.07 Å². The van der Waals surface area contributed by atoms with Gasteiger partial charge in [-0.25, -0.2) is 0 Å². The zero-order valence-corrected chi connectivity index (χ0v) is 10.1. The van der Waals surface area contributed by atoms with Gasteiger partial charge in [0.1, 0.15) is 0 Å². The molecule has 1 atom stereocenters. The highest BCUT2D eigenvalue weighted by molar-refractivity contribution is 5.41. The lowest BCUT2D eigenvalue weighted by Crippen LogP contribution is -2.30. The van der Waals surface area contributed by atoms with E-state index in [4.69, 9.17) is 5.26 Å². The van der Waals surface area contributed by atoms with E-state index in [1.54, 1.807) is 0 Å². The smallest absolute Gasteiger partial charge is 0.0991 e. The maximum atomic E-state index is 8.83. The predicted octanol–water partition coefficient (Wildman–Crippen LogP) is 2.79. The lowest BCUT2D eigenvalue weighted by Gasteiger charge is -2.27. The van der Waals surface area contributed by atoms with E-state index in [-0.39, 0.29) is 6.04 Å². The van der Waals surface area contributed by atoms with Gasteiger partial charge in [0, 0.05) is 6.54 Å². The van der Waals surface area contributed by atoms with E-state index in [1.165, 1.54) is 16.7 Å². The van der Waals surface area contributed by atoms with Crippen LogP contribution in [0.5, 0.6) is 0 Å². The van der Waals surface area contributed by atoms with Crippen molar-refractivity contribution in [2.75, 3.05) is 6.54 Å². The van der Waals surface area contributed by atoms with Gasteiger partial charge in [0.25, 0.3) is 0 Å². The van der Waals surface area contributed by atoms with Crippen molar-refractivity contribution >= 4 is 0 Å². The molecule has 18 heavy (non-hydrogen) atoms. The van der Waals surface area contributed by atoms with E-state index < -0.39 is 0 Å². The zero-order chi connectivity index (χ0) is 12.4. The summed E-state index contributed by atoms with van der Waals surface area (Å²) < 4.78 is 0. The largest absolute Gasteiger partial charge is 0.306 e. The van der Waals surface area contributed by atoms with Crippen LogP contribution < -0.4 is 5.32 Å². The molecule has 0 amide bonds. The maximum Gasteiger partial charge on any atom is 0.0991 e. The van der Waals surface area contributed by atoms with Gasteiger partial charge in [-0.2, -0.15) is 5.26 Å². The third-order valence-electron chi connectivity index (χ3n) is 3.48. The van der Waals surface area contributed by atoms with Gasteiger partial charge in [-0.1, -0.05) is 36.4 Å². The molecule has 1 heterocycles. The SMILES string of the molecule is N#Cc1ccc(C2NCCc3ccccc32)cc1. The quantitative estimate of drug-likeness (QED) is 0.823. The molecule has 0 aromatic heterocycles. The fraction of sp³-hybridized carbons (Fsp3) is 0.188. The molecule has 0 saturated heterocycles. The van der Waals surface area contributed by atoms with Gasteiger partial charge in [-0.15, -0.1) is 0 Å². The summed E-state index contributed by atoms with van der Waals surface area (Å²) in [7, 11) is 0.